The van der Waals surface area contributed by atoms with E-state index in [-0.39, 0.29) is 14.0 Å². The molecule has 8 N–H and O–H groups in total. The minimum absolute atomic E-state index is 0. The minimum Gasteiger partial charge on any atom is -0.380 e. The number of rotatable bonds is 26. The Morgan fingerprint density at radius 2 is 0.821 bits per heavy atom. The second-order valence-electron chi connectivity index (χ2n) is 29.6. The van der Waals surface area contributed by atoms with Crippen LogP contribution in [-0.2, 0) is 30.9 Å². The van der Waals surface area contributed by atoms with Crippen molar-refractivity contribution in [2.24, 2.45) is 11.8 Å². The molecular weight excluding hydrogens is 1570 g/mol. The van der Waals surface area contributed by atoms with Gasteiger partial charge in [-0.1, -0.05) is 21.3 Å². The van der Waals surface area contributed by atoms with Gasteiger partial charge in [0.2, 0.25) is 0 Å². The van der Waals surface area contributed by atoms with Crippen LogP contribution in [0.2, 0.25) is 0 Å². The molecule has 16 aromatic rings. The first kappa shape index (κ1) is 80.8. The zero-order valence-electron chi connectivity index (χ0n) is 65.0. The molecule has 0 aromatic carbocycles. The van der Waals surface area contributed by atoms with E-state index in [1.54, 1.807) is 49.0 Å². The molecule has 3 aliphatic heterocycles. The van der Waals surface area contributed by atoms with Crippen molar-refractivity contribution in [2.45, 2.75) is 114 Å². The molecule has 19 heterocycles. The lowest BCUT2D eigenvalue weighted by atomic mass is 9.99. The Hall–Kier alpha value is -11.4. The Morgan fingerprint density at radius 1 is 0.496 bits per heavy atom. The predicted molar refractivity (Wildman–Crippen MR) is 450 cm³/mol. The van der Waals surface area contributed by atoms with E-state index >= 15 is 0 Å². The standard InChI is InChI=1S/C20H24F2N8OS.2C19H22N8S.C18H19FN8S.CH4/c1-3-31-5-4-29(12-17(21)22)11-15-6-18(32-28-15)27-19-20-23-9-16(14-7-24-25-8-14)30(20)10-13(2)26-19;2*1-12-3-4-26(9-12)11-15-5-17(28-25-15)24-18-19-20-8-16(14-6-21-22-7-14)27(19)10-13(2)23-18;1-11-7-27-14(12-4-21-22-5-12)6-20-17(27)16(23-11)24-15-3-13(25-28-15)8-26-9-18(2,19)10-26;/h6-10,17H,3-5,11-12H2,1-2H3,(H,24,25)(H,26,27);2*5-8,10,12H,3-4,9,11H2,1-2H3,(H,21,22)(H,23,24);3-7H,8-10H2,1-2H3,(H,21,22)(H,23,24);1H4/t;2*12-;;/m.10../s1. The molecule has 0 aliphatic carbocycles. The summed E-state index contributed by atoms with van der Waals surface area (Å²) in [5.74, 6) is 4.30. The Balaban J connectivity index is 0.000000122. The number of nitrogens with one attached hydrogen (secondary N) is 8. The van der Waals surface area contributed by atoms with E-state index in [0.29, 0.717) is 68.9 Å². The third-order valence-electron chi connectivity index (χ3n) is 19.6. The van der Waals surface area contributed by atoms with Crippen molar-refractivity contribution in [3.8, 4) is 45.0 Å². The van der Waals surface area contributed by atoms with E-state index in [0.717, 1.165) is 185 Å². The van der Waals surface area contributed by atoms with Gasteiger partial charge in [0.05, 0.1) is 131 Å². The number of hydrogen-bond donors (Lipinski definition) is 8. The SMILES string of the molecule is C.CCOCCN(Cc1cc(Nc2nc(C)cn3c(-c4cn[nH]c4)cnc23)sn1)CC(F)F.Cc1cn2c(-c3cn[nH]c3)cnc2c(Nc2cc(CN3CC(C)(F)C3)ns2)n1.Cc1cn2c(-c3cn[nH]c3)cnc2c(Nc2cc(CN3CC[C@@H](C)C3)ns2)n1.Cc1cn2c(-c3cn[nH]c3)cnc2c(Nc2cc(CN3CC[C@H](C)C3)ns2)n1. The Morgan fingerprint density at radius 3 is 1.11 bits per heavy atom. The molecule has 0 radical (unpaired) electrons. The van der Waals surface area contributed by atoms with Gasteiger partial charge < -0.3 is 26.0 Å². The van der Waals surface area contributed by atoms with Crippen molar-refractivity contribution in [3.63, 3.8) is 0 Å². The van der Waals surface area contributed by atoms with Crippen molar-refractivity contribution in [1.82, 2.24) is 135 Å². The molecule has 0 spiro atoms. The Bertz CT molecular complexity index is 5720. The number of alkyl halides is 3. The van der Waals surface area contributed by atoms with Gasteiger partial charge in [0.25, 0.3) is 6.43 Å². The molecule has 16 aromatic heterocycles. The molecular formula is C77H91F3N32OS4. The zero-order valence-corrected chi connectivity index (χ0v) is 68.3. The van der Waals surface area contributed by atoms with Crippen molar-refractivity contribution >= 4 is 112 Å². The van der Waals surface area contributed by atoms with Crippen molar-refractivity contribution in [3.05, 3.63) is 169 Å². The number of nitrogens with zero attached hydrogens (tertiary/aromatic N) is 24. The van der Waals surface area contributed by atoms with Crippen LogP contribution in [0.5, 0.6) is 0 Å². The quantitative estimate of drug-likeness (QED) is 0.0233. The molecule has 0 saturated carbocycles. The number of ether oxygens (including phenoxy) is 1. The summed E-state index contributed by atoms with van der Waals surface area (Å²) < 4.78 is 71.0. The molecule has 33 nitrogen and oxygen atoms in total. The third-order valence-corrected chi connectivity index (χ3v) is 22.6. The molecule has 3 fully saturated rings. The van der Waals surface area contributed by atoms with Crippen molar-refractivity contribution < 1.29 is 17.9 Å². The number of fused-ring (bicyclic) bond motifs is 4. The number of anilines is 8. The van der Waals surface area contributed by atoms with Gasteiger partial charge in [-0.05, 0) is 150 Å². The number of hydrogen-bond acceptors (Lipinski definition) is 29. The summed E-state index contributed by atoms with van der Waals surface area (Å²) in [6.07, 6.45) is 29.7. The highest BCUT2D eigenvalue weighted by molar-refractivity contribution is 7.11. The molecule has 610 valence electrons. The van der Waals surface area contributed by atoms with Gasteiger partial charge >= 0.3 is 0 Å². The lowest BCUT2D eigenvalue weighted by Gasteiger charge is -2.41. The van der Waals surface area contributed by atoms with Crippen LogP contribution in [0.1, 0.15) is 93.5 Å². The average Bonchev–Trinajstić information content (AvgIpc) is 1.66. The number of halogens is 3. The third kappa shape index (κ3) is 19.5. The van der Waals surface area contributed by atoms with Crippen molar-refractivity contribution in [2.75, 3.05) is 86.8 Å². The van der Waals surface area contributed by atoms with Gasteiger partial charge in [-0.2, -0.15) is 37.9 Å². The number of H-pyrrole nitrogens is 4. The van der Waals surface area contributed by atoms with Gasteiger partial charge in [0.15, 0.2) is 45.9 Å². The second kappa shape index (κ2) is 36.0. The molecule has 19 rings (SSSR count). The summed E-state index contributed by atoms with van der Waals surface area (Å²) >= 11 is 5.56. The molecule has 2 atom stereocenters. The van der Waals surface area contributed by atoms with Crippen molar-refractivity contribution in [1.29, 1.82) is 0 Å². The Kier molecular flexibility index (Phi) is 24.9. The fraction of sp³-hybridized carbons (Fsp3) is 0.377. The molecule has 0 unspecified atom stereocenters. The van der Waals surface area contributed by atoms with Crippen LogP contribution >= 0.6 is 46.1 Å². The summed E-state index contributed by atoms with van der Waals surface area (Å²) in [4.78, 5) is 45.4. The molecule has 0 bridgehead atoms. The number of imidazole rings is 4. The lowest BCUT2D eigenvalue weighted by Crippen LogP contribution is -2.56. The smallest absolute Gasteiger partial charge is 0.251 e. The summed E-state index contributed by atoms with van der Waals surface area (Å²) in [6, 6.07) is 8.07. The number of aromatic nitrogens is 24. The maximum atomic E-state index is 13.6. The van der Waals surface area contributed by atoms with Gasteiger partial charge in [-0.3, -0.25) is 57.6 Å². The fourth-order valence-electron chi connectivity index (χ4n) is 14.5. The second-order valence-corrected chi connectivity index (χ2v) is 32.8. The fourth-order valence-corrected chi connectivity index (χ4v) is 17.1. The lowest BCUT2D eigenvalue weighted by molar-refractivity contribution is -0.0231. The topological polar surface area (TPSA) is 357 Å². The highest BCUT2D eigenvalue weighted by Gasteiger charge is 2.39. The highest BCUT2D eigenvalue weighted by Crippen LogP contribution is 2.35. The van der Waals surface area contributed by atoms with Crippen LogP contribution in [0.4, 0.5) is 56.4 Å². The van der Waals surface area contributed by atoms with Crippen LogP contribution < -0.4 is 21.3 Å². The van der Waals surface area contributed by atoms with E-state index < -0.39 is 12.1 Å². The maximum Gasteiger partial charge on any atom is 0.251 e. The van der Waals surface area contributed by atoms with E-state index in [9.17, 15) is 13.2 Å². The largest absolute Gasteiger partial charge is 0.380 e. The van der Waals surface area contributed by atoms with Crippen LogP contribution in [0.3, 0.4) is 0 Å². The number of aromatic amines is 4. The van der Waals surface area contributed by atoms with E-state index in [2.05, 4.69) is 155 Å². The van der Waals surface area contributed by atoms with E-state index in [4.69, 9.17) is 4.74 Å². The summed E-state index contributed by atoms with van der Waals surface area (Å²) in [5, 5.41) is 44.5. The molecule has 40 heteroatoms. The average molecular weight is 1670 g/mol. The van der Waals surface area contributed by atoms with Gasteiger partial charge in [-0.25, -0.2) is 53.0 Å². The summed E-state index contributed by atoms with van der Waals surface area (Å²) in [5.41, 5.74) is 16.9. The normalized spacial score (nSPS) is 15.6. The van der Waals surface area contributed by atoms with E-state index in [1.807, 2.05) is 131 Å². The monoisotopic (exact) mass is 1660 g/mol. The first-order valence-electron chi connectivity index (χ1n) is 38.0. The van der Waals surface area contributed by atoms with Crippen LogP contribution in [0, 0.1) is 39.5 Å². The summed E-state index contributed by atoms with van der Waals surface area (Å²) in [7, 11) is 0. The minimum atomic E-state index is -2.41. The highest BCUT2D eigenvalue weighted by atomic mass is 32.1. The molecule has 0 amide bonds. The molecule has 3 saturated heterocycles. The predicted octanol–water partition coefficient (Wildman–Crippen LogP) is 14.5. The first-order chi connectivity index (χ1) is 56.3. The van der Waals surface area contributed by atoms with Gasteiger partial charge in [-0.15, -0.1) is 0 Å². The van der Waals surface area contributed by atoms with Crippen LogP contribution in [0.15, 0.2) is 123 Å². The number of likely N-dealkylation sites (tertiary alicyclic amines) is 3. The first-order valence-corrected chi connectivity index (χ1v) is 41.1. The molecule has 117 heavy (non-hydrogen) atoms. The van der Waals surface area contributed by atoms with Gasteiger partial charge in [0, 0.05) is 137 Å². The van der Waals surface area contributed by atoms with Crippen LogP contribution in [0.25, 0.3) is 67.6 Å². The maximum absolute atomic E-state index is 13.6. The Labute approximate surface area is 687 Å². The zero-order chi connectivity index (χ0) is 80.0. The van der Waals surface area contributed by atoms with Crippen LogP contribution in [-0.4, -0.2) is 213 Å². The van der Waals surface area contributed by atoms with Gasteiger partial charge in [0.1, 0.15) is 25.7 Å². The van der Waals surface area contributed by atoms with E-state index in [1.165, 1.54) is 59.0 Å². The molecule has 3 aliphatic rings. The number of aryl methyl sites for hydroxylation is 4. The summed E-state index contributed by atoms with van der Waals surface area (Å²) in [6.45, 7) is 25.4.